The lowest BCUT2D eigenvalue weighted by molar-refractivity contribution is 0.0164. The van der Waals surface area contributed by atoms with Gasteiger partial charge >= 0.3 is 12.1 Å². The third-order valence-electron chi connectivity index (χ3n) is 3.23. The normalized spacial score (nSPS) is 17.2. The van der Waals surface area contributed by atoms with Gasteiger partial charge in [-0.15, -0.1) is 11.3 Å². The molecule has 1 N–H and O–H groups in total. The highest BCUT2D eigenvalue weighted by Crippen LogP contribution is 2.36. The van der Waals surface area contributed by atoms with Crippen molar-refractivity contribution in [1.29, 1.82) is 0 Å². The fourth-order valence-corrected chi connectivity index (χ4v) is 3.49. The van der Waals surface area contributed by atoms with Crippen molar-refractivity contribution in [2.75, 3.05) is 6.54 Å². The lowest BCUT2D eigenvalue weighted by Crippen LogP contribution is -2.41. The van der Waals surface area contributed by atoms with Gasteiger partial charge in [-0.3, -0.25) is 0 Å². The van der Waals surface area contributed by atoms with Crippen LogP contribution in [0.4, 0.5) is 4.79 Å². The molecule has 1 aliphatic rings. The minimum Gasteiger partial charge on any atom is -0.478 e. The summed E-state index contributed by atoms with van der Waals surface area (Å²) in [6, 6.07) is -0.147. The van der Waals surface area contributed by atoms with E-state index in [2.05, 4.69) is 0 Å². The van der Waals surface area contributed by atoms with Gasteiger partial charge in [-0.2, -0.15) is 0 Å². The van der Waals surface area contributed by atoms with Gasteiger partial charge in [0.15, 0.2) is 0 Å². The fraction of sp³-hybridized carbons (Fsp3) is 0.625. The summed E-state index contributed by atoms with van der Waals surface area (Å²) in [5.41, 5.74) is 0.689. The van der Waals surface area contributed by atoms with Crippen molar-refractivity contribution >= 4 is 23.4 Å². The van der Waals surface area contributed by atoms with Gasteiger partial charge < -0.3 is 14.7 Å². The molecule has 1 aromatic rings. The molecule has 0 aromatic carbocycles. The molecule has 1 aromatic heterocycles. The molecule has 0 aliphatic carbocycles. The van der Waals surface area contributed by atoms with Crippen LogP contribution in [0, 0.1) is 0 Å². The standard InChI is InChI=1S/C14H19NO4S.C2H6/c1-8-11-9(10(7-20-11)12(16)17)5-6-15(8)13(18)19-14(2,3)4;1-2/h7-8H,5-6H2,1-4H3,(H,16,17);1-2H3. The van der Waals surface area contributed by atoms with Gasteiger partial charge in [0.25, 0.3) is 0 Å². The van der Waals surface area contributed by atoms with Gasteiger partial charge in [0, 0.05) is 16.8 Å². The predicted octanol–water partition coefficient (Wildman–Crippen LogP) is 4.33. The molecule has 0 saturated heterocycles. The Hall–Kier alpha value is -1.56. The van der Waals surface area contributed by atoms with Crippen molar-refractivity contribution in [1.82, 2.24) is 4.90 Å². The minimum atomic E-state index is -0.902. The average Bonchev–Trinajstić information content (AvgIpc) is 2.84. The zero-order chi connectivity index (χ0) is 17.1. The molecule has 2 heterocycles. The van der Waals surface area contributed by atoms with Crippen LogP contribution in [0.5, 0.6) is 0 Å². The number of hydrogen-bond donors (Lipinski definition) is 1. The molecule has 22 heavy (non-hydrogen) atoms. The second-order valence-corrected chi connectivity index (χ2v) is 6.81. The van der Waals surface area contributed by atoms with Crippen LogP contribution >= 0.6 is 11.3 Å². The molecule has 0 saturated carbocycles. The number of fused-ring (bicyclic) bond motifs is 1. The average molecular weight is 327 g/mol. The molecule has 124 valence electrons. The van der Waals surface area contributed by atoms with E-state index in [1.165, 1.54) is 11.3 Å². The van der Waals surface area contributed by atoms with E-state index in [1.807, 2.05) is 41.5 Å². The van der Waals surface area contributed by atoms with Crippen LogP contribution in [0.3, 0.4) is 0 Å². The number of ether oxygens (including phenoxy) is 1. The molecule has 0 spiro atoms. The number of rotatable bonds is 1. The van der Waals surface area contributed by atoms with Crippen molar-refractivity contribution in [3.63, 3.8) is 0 Å². The monoisotopic (exact) mass is 327 g/mol. The minimum absolute atomic E-state index is 0.147. The van der Waals surface area contributed by atoms with E-state index in [1.54, 1.807) is 10.3 Å². The second kappa shape index (κ2) is 7.13. The number of thiophene rings is 1. The summed E-state index contributed by atoms with van der Waals surface area (Å²) < 4.78 is 5.39. The third kappa shape index (κ3) is 4.00. The van der Waals surface area contributed by atoms with E-state index in [0.717, 1.165) is 10.4 Å². The van der Waals surface area contributed by atoms with Gasteiger partial charge in [0.2, 0.25) is 0 Å². The Balaban J connectivity index is 0.00000116. The molecule has 1 amide bonds. The molecule has 5 nitrogen and oxygen atoms in total. The lowest BCUT2D eigenvalue weighted by Gasteiger charge is -2.35. The number of aromatic carboxylic acids is 1. The maximum absolute atomic E-state index is 12.2. The van der Waals surface area contributed by atoms with Crippen molar-refractivity contribution in [2.24, 2.45) is 0 Å². The maximum Gasteiger partial charge on any atom is 0.410 e. The number of carboxylic acid groups (broad SMARTS) is 1. The van der Waals surface area contributed by atoms with E-state index in [0.29, 0.717) is 18.5 Å². The van der Waals surface area contributed by atoms with E-state index in [9.17, 15) is 9.59 Å². The summed E-state index contributed by atoms with van der Waals surface area (Å²) in [4.78, 5) is 25.9. The zero-order valence-corrected chi connectivity index (χ0v) is 14.9. The Labute approximate surface area is 135 Å². The molecular formula is C16H25NO4S. The summed E-state index contributed by atoms with van der Waals surface area (Å²) in [5.74, 6) is -0.902. The van der Waals surface area contributed by atoms with Crippen molar-refractivity contribution in [2.45, 2.75) is 59.6 Å². The molecule has 0 fully saturated rings. The van der Waals surface area contributed by atoms with Crippen LogP contribution in [0.2, 0.25) is 0 Å². The van der Waals surface area contributed by atoms with Gasteiger partial charge in [-0.05, 0) is 39.7 Å². The zero-order valence-electron chi connectivity index (χ0n) is 14.1. The number of carbonyl (C=O) groups excluding carboxylic acids is 1. The SMILES string of the molecule is CC.CC1c2scc(C(=O)O)c2CCN1C(=O)OC(C)(C)C. The number of carboxylic acids is 1. The van der Waals surface area contributed by atoms with Crippen molar-refractivity contribution in [3.8, 4) is 0 Å². The van der Waals surface area contributed by atoms with E-state index in [4.69, 9.17) is 9.84 Å². The van der Waals surface area contributed by atoms with Crippen LogP contribution in [-0.2, 0) is 11.2 Å². The lowest BCUT2D eigenvalue weighted by atomic mass is 9.99. The molecule has 0 radical (unpaired) electrons. The van der Waals surface area contributed by atoms with Crippen LogP contribution in [0.1, 0.15) is 68.4 Å². The number of nitrogens with zero attached hydrogens (tertiary/aromatic N) is 1. The Bertz CT molecular complexity index is 545. The summed E-state index contributed by atoms with van der Waals surface area (Å²) in [7, 11) is 0. The number of carbonyl (C=O) groups is 2. The van der Waals surface area contributed by atoms with Crippen molar-refractivity contribution < 1.29 is 19.4 Å². The van der Waals surface area contributed by atoms with E-state index in [-0.39, 0.29) is 12.1 Å². The number of hydrogen-bond acceptors (Lipinski definition) is 4. The second-order valence-electron chi connectivity index (χ2n) is 5.90. The molecular weight excluding hydrogens is 302 g/mol. The van der Waals surface area contributed by atoms with Gasteiger partial charge in [-0.25, -0.2) is 9.59 Å². The molecule has 2 rings (SSSR count). The molecule has 6 heteroatoms. The summed E-state index contributed by atoms with van der Waals surface area (Å²) in [6.07, 6.45) is 0.213. The summed E-state index contributed by atoms with van der Waals surface area (Å²) >= 11 is 1.40. The Morgan fingerprint density at radius 3 is 2.45 bits per heavy atom. The summed E-state index contributed by atoms with van der Waals surface area (Å²) in [5, 5.41) is 10.8. The first-order chi connectivity index (χ1) is 10.2. The summed E-state index contributed by atoms with van der Waals surface area (Å²) in [6.45, 7) is 11.9. The van der Waals surface area contributed by atoms with Gasteiger partial charge in [0.1, 0.15) is 5.60 Å². The predicted molar refractivity (Wildman–Crippen MR) is 87.7 cm³/mol. The highest BCUT2D eigenvalue weighted by Gasteiger charge is 2.34. The Kier molecular flexibility index (Phi) is 6.00. The van der Waals surface area contributed by atoms with Gasteiger partial charge in [0.05, 0.1) is 11.6 Å². The van der Waals surface area contributed by atoms with Crippen molar-refractivity contribution in [3.05, 3.63) is 21.4 Å². The molecule has 1 atom stereocenters. The smallest absolute Gasteiger partial charge is 0.410 e. The topological polar surface area (TPSA) is 66.8 Å². The first-order valence-electron chi connectivity index (χ1n) is 7.54. The Morgan fingerprint density at radius 2 is 1.95 bits per heavy atom. The largest absolute Gasteiger partial charge is 0.478 e. The Morgan fingerprint density at radius 1 is 1.36 bits per heavy atom. The van der Waals surface area contributed by atoms with Gasteiger partial charge in [-0.1, -0.05) is 13.8 Å². The maximum atomic E-state index is 12.2. The van der Waals surface area contributed by atoms with Crippen LogP contribution in [-0.4, -0.2) is 34.2 Å². The number of amides is 1. The quantitative estimate of drug-likeness (QED) is 0.834. The first kappa shape index (κ1) is 18.5. The van der Waals surface area contributed by atoms with E-state index < -0.39 is 11.6 Å². The van der Waals surface area contributed by atoms with Crippen LogP contribution in [0.15, 0.2) is 5.38 Å². The fourth-order valence-electron chi connectivity index (χ4n) is 2.32. The van der Waals surface area contributed by atoms with Crippen LogP contribution < -0.4 is 0 Å². The third-order valence-corrected chi connectivity index (χ3v) is 4.43. The molecule has 1 unspecified atom stereocenters. The highest BCUT2D eigenvalue weighted by atomic mass is 32.1. The first-order valence-corrected chi connectivity index (χ1v) is 8.42. The molecule has 1 aliphatic heterocycles. The van der Waals surface area contributed by atoms with E-state index >= 15 is 0 Å². The highest BCUT2D eigenvalue weighted by molar-refractivity contribution is 7.10. The molecule has 0 bridgehead atoms. The van der Waals surface area contributed by atoms with Crippen LogP contribution in [0.25, 0.3) is 0 Å².